The second-order valence-electron chi connectivity index (χ2n) is 5.12. The summed E-state index contributed by atoms with van der Waals surface area (Å²) >= 11 is 1.47. The van der Waals surface area contributed by atoms with Gasteiger partial charge in [-0.1, -0.05) is 0 Å². The molecule has 25 heavy (non-hydrogen) atoms. The molecule has 0 spiro atoms. The molecule has 3 aromatic rings. The minimum absolute atomic E-state index is 0.214. The summed E-state index contributed by atoms with van der Waals surface area (Å²) in [5.41, 5.74) is 0.824. The first-order valence-corrected chi connectivity index (χ1v) is 10.1. The summed E-state index contributed by atoms with van der Waals surface area (Å²) in [5.74, 6) is 0.648. The molecular weight excluding hydrogens is 360 g/mol. The Morgan fingerprint density at radius 1 is 1.28 bits per heavy atom. The van der Waals surface area contributed by atoms with Crippen LogP contribution in [0.25, 0.3) is 5.13 Å². The summed E-state index contributed by atoms with van der Waals surface area (Å²) in [6, 6.07) is 8.19. The van der Waals surface area contributed by atoms with Crippen molar-refractivity contribution in [3.05, 3.63) is 53.8 Å². The Kier molecular flexibility index (Phi) is 5.47. The molecule has 9 heteroatoms. The molecule has 2 heterocycles. The molecule has 0 amide bonds. The normalized spacial score (nSPS) is 11.6. The van der Waals surface area contributed by atoms with Crippen molar-refractivity contribution >= 4 is 21.4 Å². The van der Waals surface area contributed by atoms with Gasteiger partial charge in [0.25, 0.3) is 0 Å². The summed E-state index contributed by atoms with van der Waals surface area (Å²) < 4.78 is 34.2. The highest BCUT2D eigenvalue weighted by Crippen LogP contribution is 2.16. The predicted molar refractivity (Wildman–Crippen MR) is 95.7 cm³/mol. The minimum atomic E-state index is -3.55. The zero-order chi connectivity index (χ0) is 17.7. The van der Waals surface area contributed by atoms with E-state index < -0.39 is 10.0 Å². The summed E-state index contributed by atoms with van der Waals surface area (Å²) in [7, 11) is -3.55. The summed E-state index contributed by atoms with van der Waals surface area (Å²) in [4.78, 5) is 4.66. The van der Waals surface area contributed by atoms with Crippen molar-refractivity contribution in [2.75, 3.05) is 13.2 Å². The maximum atomic E-state index is 12.3. The fourth-order valence-corrected chi connectivity index (χ4v) is 4.01. The molecule has 0 radical (unpaired) electrons. The van der Waals surface area contributed by atoms with E-state index in [-0.39, 0.29) is 11.4 Å². The monoisotopic (exact) mass is 378 g/mol. The zero-order valence-corrected chi connectivity index (χ0v) is 15.3. The van der Waals surface area contributed by atoms with Crippen molar-refractivity contribution < 1.29 is 13.2 Å². The second kappa shape index (κ2) is 7.77. The highest BCUT2D eigenvalue weighted by atomic mass is 32.2. The lowest BCUT2D eigenvalue weighted by Gasteiger charge is -2.07. The first kappa shape index (κ1) is 17.6. The van der Waals surface area contributed by atoms with Crippen LogP contribution in [-0.2, 0) is 16.4 Å². The number of thiazole rings is 1. The number of nitrogens with one attached hydrogen (secondary N) is 1. The van der Waals surface area contributed by atoms with Gasteiger partial charge in [-0.3, -0.25) is 0 Å². The quantitative estimate of drug-likeness (QED) is 0.650. The van der Waals surface area contributed by atoms with Crippen LogP contribution in [0.4, 0.5) is 0 Å². The SMILES string of the molecule is CCOc1ccc(S(=O)(=O)NCCc2csc(-n3cccn3)n2)cc1. The molecule has 1 N–H and O–H groups in total. The molecule has 0 atom stereocenters. The van der Waals surface area contributed by atoms with Gasteiger partial charge in [0.15, 0.2) is 0 Å². The van der Waals surface area contributed by atoms with E-state index in [9.17, 15) is 8.42 Å². The Morgan fingerprint density at radius 2 is 2.08 bits per heavy atom. The van der Waals surface area contributed by atoms with Crippen LogP contribution in [0.3, 0.4) is 0 Å². The average Bonchev–Trinajstić information content (AvgIpc) is 3.27. The predicted octanol–water partition coefficient (Wildman–Crippen LogP) is 2.25. The maximum absolute atomic E-state index is 12.3. The number of rotatable bonds is 8. The van der Waals surface area contributed by atoms with E-state index in [1.807, 2.05) is 24.6 Å². The van der Waals surface area contributed by atoms with Gasteiger partial charge in [-0.25, -0.2) is 22.8 Å². The third-order valence-corrected chi connectivity index (χ3v) is 5.71. The molecule has 132 valence electrons. The number of hydrogen-bond donors (Lipinski definition) is 1. The van der Waals surface area contributed by atoms with E-state index in [1.54, 1.807) is 23.0 Å². The van der Waals surface area contributed by atoms with Crippen molar-refractivity contribution in [1.82, 2.24) is 19.5 Å². The fourth-order valence-electron chi connectivity index (χ4n) is 2.18. The van der Waals surface area contributed by atoms with Crippen molar-refractivity contribution in [2.45, 2.75) is 18.2 Å². The average molecular weight is 378 g/mol. The van der Waals surface area contributed by atoms with Gasteiger partial charge in [0.05, 0.1) is 17.2 Å². The molecule has 7 nitrogen and oxygen atoms in total. The fraction of sp³-hybridized carbons (Fsp3) is 0.250. The molecule has 0 fully saturated rings. The van der Waals surface area contributed by atoms with Crippen molar-refractivity contribution in [2.24, 2.45) is 0 Å². The molecule has 0 aliphatic carbocycles. The molecule has 0 unspecified atom stereocenters. The Balaban J connectivity index is 1.57. The van der Waals surface area contributed by atoms with E-state index in [1.165, 1.54) is 23.5 Å². The third-order valence-electron chi connectivity index (χ3n) is 3.36. The molecule has 0 saturated heterocycles. The second-order valence-corrected chi connectivity index (χ2v) is 7.73. The number of aromatic nitrogens is 3. The van der Waals surface area contributed by atoms with Gasteiger partial charge in [0, 0.05) is 30.7 Å². The highest BCUT2D eigenvalue weighted by Gasteiger charge is 2.14. The Hall–Kier alpha value is -2.23. The van der Waals surface area contributed by atoms with Crippen LogP contribution in [0.2, 0.25) is 0 Å². The van der Waals surface area contributed by atoms with Crippen LogP contribution < -0.4 is 9.46 Å². The minimum Gasteiger partial charge on any atom is -0.494 e. The van der Waals surface area contributed by atoms with Gasteiger partial charge in [0.2, 0.25) is 15.2 Å². The third kappa shape index (κ3) is 4.44. The number of ether oxygens (including phenoxy) is 1. The summed E-state index contributed by atoms with van der Waals surface area (Å²) in [6.45, 7) is 2.69. The largest absolute Gasteiger partial charge is 0.494 e. The van der Waals surface area contributed by atoms with Gasteiger partial charge in [0.1, 0.15) is 5.75 Å². The molecular formula is C16H18N4O3S2. The Bertz CT molecular complexity index is 903. The smallest absolute Gasteiger partial charge is 0.240 e. The van der Waals surface area contributed by atoms with Crippen LogP contribution in [0.1, 0.15) is 12.6 Å². The Morgan fingerprint density at radius 3 is 2.76 bits per heavy atom. The lowest BCUT2D eigenvalue weighted by atomic mass is 10.3. The van der Waals surface area contributed by atoms with E-state index in [4.69, 9.17) is 4.74 Å². The van der Waals surface area contributed by atoms with Crippen LogP contribution in [0.15, 0.2) is 53.0 Å². The molecule has 0 aliphatic rings. The van der Waals surface area contributed by atoms with Crippen molar-refractivity contribution in [3.8, 4) is 10.9 Å². The first-order chi connectivity index (χ1) is 12.1. The molecule has 1 aromatic carbocycles. The number of sulfonamides is 1. The molecule has 0 bridgehead atoms. The van der Waals surface area contributed by atoms with Crippen molar-refractivity contribution in [3.63, 3.8) is 0 Å². The number of nitrogens with zero attached hydrogens (tertiary/aromatic N) is 3. The summed E-state index contributed by atoms with van der Waals surface area (Å²) in [5, 5.41) is 6.79. The molecule has 2 aromatic heterocycles. The topological polar surface area (TPSA) is 86.1 Å². The van der Waals surface area contributed by atoms with Crippen LogP contribution in [0, 0.1) is 0 Å². The first-order valence-electron chi connectivity index (χ1n) is 7.75. The molecule has 0 aliphatic heterocycles. The standard InChI is InChI=1S/C16H18N4O3S2/c1-2-23-14-4-6-15(7-5-14)25(21,22)18-10-8-13-12-24-16(19-13)20-11-3-9-17-20/h3-7,9,11-12,18H,2,8,10H2,1H3. The number of hydrogen-bond acceptors (Lipinski definition) is 6. The van der Waals surface area contributed by atoms with Gasteiger partial charge in [-0.05, 0) is 37.3 Å². The van der Waals surface area contributed by atoms with Crippen LogP contribution >= 0.6 is 11.3 Å². The van der Waals surface area contributed by atoms with E-state index in [0.717, 1.165) is 10.8 Å². The van der Waals surface area contributed by atoms with Gasteiger partial charge in [-0.15, -0.1) is 11.3 Å². The van der Waals surface area contributed by atoms with Gasteiger partial charge in [-0.2, -0.15) is 5.10 Å². The van der Waals surface area contributed by atoms with Crippen LogP contribution in [0.5, 0.6) is 5.75 Å². The van der Waals surface area contributed by atoms with E-state index in [2.05, 4.69) is 14.8 Å². The van der Waals surface area contributed by atoms with Gasteiger partial charge >= 0.3 is 0 Å². The lowest BCUT2D eigenvalue weighted by molar-refractivity contribution is 0.340. The zero-order valence-electron chi connectivity index (χ0n) is 13.6. The maximum Gasteiger partial charge on any atom is 0.240 e. The molecule has 0 saturated carbocycles. The van der Waals surface area contributed by atoms with E-state index >= 15 is 0 Å². The summed E-state index contributed by atoms with van der Waals surface area (Å²) in [6.07, 6.45) is 4.01. The van der Waals surface area contributed by atoms with E-state index in [0.29, 0.717) is 18.8 Å². The Labute approximate surface area is 150 Å². The van der Waals surface area contributed by atoms with Gasteiger partial charge < -0.3 is 4.74 Å². The van der Waals surface area contributed by atoms with Crippen molar-refractivity contribution in [1.29, 1.82) is 0 Å². The van der Waals surface area contributed by atoms with Crippen LogP contribution in [-0.4, -0.2) is 36.3 Å². The number of benzene rings is 1. The highest BCUT2D eigenvalue weighted by molar-refractivity contribution is 7.89. The molecule has 3 rings (SSSR count). The lowest BCUT2D eigenvalue weighted by Crippen LogP contribution is -2.26.